The van der Waals surface area contributed by atoms with Crippen molar-refractivity contribution in [2.75, 3.05) is 0 Å². The van der Waals surface area contributed by atoms with Crippen molar-refractivity contribution in [1.82, 2.24) is 9.55 Å². The molecule has 2 N–H and O–H groups in total. The molecule has 88 valence electrons. The molecule has 1 atom stereocenters. The van der Waals surface area contributed by atoms with Crippen LogP contribution in [0.3, 0.4) is 0 Å². The number of hydrogen-bond donors (Lipinski definition) is 1. The van der Waals surface area contributed by atoms with Crippen molar-refractivity contribution in [3.8, 4) is 5.69 Å². The van der Waals surface area contributed by atoms with Gasteiger partial charge in [0.2, 0.25) is 0 Å². The third-order valence-corrected chi connectivity index (χ3v) is 3.26. The van der Waals surface area contributed by atoms with Gasteiger partial charge in [0.05, 0.1) is 17.7 Å². The number of aromatic nitrogens is 2. The van der Waals surface area contributed by atoms with Crippen molar-refractivity contribution < 1.29 is 4.39 Å². The van der Waals surface area contributed by atoms with Crippen molar-refractivity contribution in [2.45, 2.75) is 25.8 Å². The Labute approximate surface area is 99.1 Å². The fraction of sp³-hybridized carbons (Fsp3) is 0.308. The summed E-state index contributed by atoms with van der Waals surface area (Å²) in [7, 11) is 0. The van der Waals surface area contributed by atoms with Crippen LogP contribution in [0, 0.1) is 5.82 Å². The van der Waals surface area contributed by atoms with E-state index in [9.17, 15) is 4.39 Å². The SMILES string of the molecule is CC(N)c1ncn2c1CCc1cc(F)ccc1-2. The van der Waals surface area contributed by atoms with Gasteiger partial charge in [0.1, 0.15) is 5.82 Å². The summed E-state index contributed by atoms with van der Waals surface area (Å²) in [6.45, 7) is 1.93. The van der Waals surface area contributed by atoms with E-state index < -0.39 is 0 Å². The highest BCUT2D eigenvalue weighted by molar-refractivity contribution is 5.47. The van der Waals surface area contributed by atoms with Crippen LogP contribution in [0.5, 0.6) is 0 Å². The average molecular weight is 231 g/mol. The predicted octanol–water partition coefficient (Wildman–Crippen LogP) is 2.13. The van der Waals surface area contributed by atoms with Gasteiger partial charge in [0.25, 0.3) is 0 Å². The molecule has 0 spiro atoms. The van der Waals surface area contributed by atoms with E-state index in [2.05, 4.69) is 4.98 Å². The molecule has 0 fully saturated rings. The van der Waals surface area contributed by atoms with Crippen molar-refractivity contribution in [2.24, 2.45) is 5.73 Å². The molecule has 0 aliphatic carbocycles. The maximum atomic E-state index is 13.2. The van der Waals surface area contributed by atoms with Crippen LogP contribution >= 0.6 is 0 Å². The Balaban J connectivity index is 2.18. The fourth-order valence-electron chi connectivity index (χ4n) is 2.47. The first-order valence-corrected chi connectivity index (χ1v) is 5.77. The molecule has 0 bridgehead atoms. The Kier molecular flexibility index (Phi) is 2.26. The first kappa shape index (κ1) is 10.5. The predicted molar refractivity (Wildman–Crippen MR) is 63.5 cm³/mol. The standard InChI is InChI=1S/C13H14FN3/c1-8(15)13-12-4-2-9-6-10(14)3-5-11(9)17(12)7-16-13/h3,5-8H,2,4,15H2,1H3. The molecule has 1 aliphatic heterocycles. The zero-order valence-corrected chi connectivity index (χ0v) is 9.65. The van der Waals surface area contributed by atoms with Gasteiger partial charge in [-0.25, -0.2) is 9.37 Å². The molecule has 2 aromatic rings. The van der Waals surface area contributed by atoms with Gasteiger partial charge in [-0.1, -0.05) is 0 Å². The topological polar surface area (TPSA) is 43.8 Å². The van der Waals surface area contributed by atoms with Crippen molar-refractivity contribution in [3.05, 3.63) is 47.3 Å². The molecule has 0 saturated heterocycles. The van der Waals surface area contributed by atoms with Crippen molar-refractivity contribution >= 4 is 0 Å². The number of benzene rings is 1. The highest BCUT2D eigenvalue weighted by atomic mass is 19.1. The van der Waals surface area contributed by atoms with Gasteiger partial charge >= 0.3 is 0 Å². The Morgan fingerprint density at radius 3 is 3.00 bits per heavy atom. The Bertz CT molecular complexity index is 572. The summed E-state index contributed by atoms with van der Waals surface area (Å²) >= 11 is 0. The zero-order valence-electron chi connectivity index (χ0n) is 9.65. The number of aryl methyl sites for hydroxylation is 1. The molecule has 0 amide bonds. The van der Waals surface area contributed by atoms with Crippen LogP contribution in [0.1, 0.15) is 29.9 Å². The largest absolute Gasteiger partial charge is 0.323 e. The van der Waals surface area contributed by atoms with E-state index >= 15 is 0 Å². The first-order valence-electron chi connectivity index (χ1n) is 5.77. The zero-order chi connectivity index (χ0) is 12.0. The van der Waals surface area contributed by atoms with Crippen LogP contribution in [0.15, 0.2) is 24.5 Å². The number of hydrogen-bond acceptors (Lipinski definition) is 2. The summed E-state index contributed by atoms with van der Waals surface area (Å²) < 4.78 is 15.2. The summed E-state index contributed by atoms with van der Waals surface area (Å²) in [5, 5.41) is 0. The highest BCUT2D eigenvalue weighted by Crippen LogP contribution is 2.28. The maximum Gasteiger partial charge on any atom is 0.123 e. The van der Waals surface area contributed by atoms with Gasteiger partial charge in [-0.3, -0.25) is 0 Å². The van der Waals surface area contributed by atoms with Crippen LogP contribution in [0.2, 0.25) is 0 Å². The second-order valence-corrected chi connectivity index (χ2v) is 4.51. The summed E-state index contributed by atoms with van der Waals surface area (Å²) in [4.78, 5) is 4.36. The molecule has 1 aromatic carbocycles. The lowest BCUT2D eigenvalue weighted by atomic mass is 9.99. The van der Waals surface area contributed by atoms with E-state index in [1.54, 1.807) is 18.5 Å². The molecule has 17 heavy (non-hydrogen) atoms. The Hall–Kier alpha value is -1.68. The van der Waals surface area contributed by atoms with E-state index in [4.69, 9.17) is 5.73 Å². The third-order valence-electron chi connectivity index (χ3n) is 3.26. The Morgan fingerprint density at radius 2 is 2.24 bits per heavy atom. The van der Waals surface area contributed by atoms with Gasteiger partial charge in [-0.2, -0.15) is 0 Å². The second-order valence-electron chi connectivity index (χ2n) is 4.51. The van der Waals surface area contributed by atoms with E-state index in [-0.39, 0.29) is 11.9 Å². The molecule has 0 saturated carbocycles. The summed E-state index contributed by atoms with van der Waals surface area (Å²) in [6, 6.07) is 4.83. The molecule has 0 radical (unpaired) electrons. The lowest BCUT2D eigenvalue weighted by Crippen LogP contribution is -2.15. The third kappa shape index (κ3) is 1.56. The summed E-state index contributed by atoms with van der Waals surface area (Å²) in [6.07, 6.45) is 3.50. The summed E-state index contributed by atoms with van der Waals surface area (Å²) in [5.41, 5.74) is 10.0. The van der Waals surface area contributed by atoms with Crippen LogP contribution in [-0.4, -0.2) is 9.55 Å². The summed E-state index contributed by atoms with van der Waals surface area (Å²) in [5.74, 6) is -0.181. The lowest BCUT2D eigenvalue weighted by molar-refractivity contribution is 0.622. The molecule has 2 heterocycles. The van der Waals surface area contributed by atoms with Crippen LogP contribution in [-0.2, 0) is 12.8 Å². The lowest BCUT2D eigenvalue weighted by Gasteiger charge is -2.20. The molecule has 3 rings (SSSR count). The van der Waals surface area contributed by atoms with Crippen molar-refractivity contribution in [1.29, 1.82) is 0 Å². The second kappa shape index (κ2) is 3.67. The van der Waals surface area contributed by atoms with Crippen LogP contribution < -0.4 is 5.73 Å². The smallest absolute Gasteiger partial charge is 0.123 e. The van der Waals surface area contributed by atoms with Gasteiger partial charge in [-0.05, 0) is 43.5 Å². The van der Waals surface area contributed by atoms with Crippen LogP contribution in [0.4, 0.5) is 4.39 Å². The van der Waals surface area contributed by atoms with Gasteiger partial charge in [-0.15, -0.1) is 0 Å². The minimum atomic E-state index is -0.181. The maximum absolute atomic E-state index is 13.2. The number of imidazole rings is 1. The number of nitrogens with two attached hydrogens (primary N) is 1. The highest BCUT2D eigenvalue weighted by Gasteiger charge is 2.21. The number of halogens is 1. The first-order chi connectivity index (χ1) is 8.16. The molecule has 1 unspecified atom stereocenters. The average Bonchev–Trinajstić information content (AvgIpc) is 2.72. The number of fused-ring (bicyclic) bond motifs is 3. The van der Waals surface area contributed by atoms with E-state index in [1.807, 2.05) is 11.5 Å². The fourth-order valence-corrected chi connectivity index (χ4v) is 2.47. The molecule has 1 aliphatic rings. The van der Waals surface area contributed by atoms with Crippen molar-refractivity contribution in [3.63, 3.8) is 0 Å². The molecule has 1 aromatic heterocycles. The molecular weight excluding hydrogens is 217 g/mol. The van der Waals surface area contributed by atoms with Gasteiger partial charge in [0, 0.05) is 11.7 Å². The van der Waals surface area contributed by atoms with Crippen LogP contribution in [0.25, 0.3) is 5.69 Å². The van der Waals surface area contributed by atoms with E-state index in [1.165, 1.54) is 6.07 Å². The normalized spacial score (nSPS) is 15.2. The number of rotatable bonds is 1. The monoisotopic (exact) mass is 231 g/mol. The van der Waals surface area contributed by atoms with E-state index in [0.717, 1.165) is 35.5 Å². The molecule has 3 nitrogen and oxygen atoms in total. The quantitative estimate of drug-likeness (QED) is 0.817. The minimum Gasteiger partial charge on any atom is -0.323 e. The molecular formula is C13H14FN3. The Morgan fingerprint density at radius 1 is 1.41 bits per heavy atom. The number of nitrogens with zero attached hydrogens (tertiary/aromatic N) is 2. The van der Waals surface area contributed by atoms with Gasteiger partial charge < -0.3 is 10.3 Å². The van der Waals surface area contributed by atoms with Gasteiger partial charge in [0.15, 0.2) is 0 Å². The van der Waals surface area contributed by atoms with E-state index in [0.29, 0.717) is 0 Å². The molecule has 4 heteroatoms. The minimum absolute atomic E-state index is 0.0618.